The number of halogens is 1. The Hall–Kier alpha value is -0.530. The van der Waals surface area contributed by atoms with Gasteiger partial charge in [-0.2, -0.15) is 0 Å². The molecule has 2 N–H and O–H groups in total. The van der Waals surface area contributed by atoms with Crippen LogP contribution < -0.4 is 10.2 Å². The second kappa shape index (κ2) is 6.27. The number of rotatable bonds is 5. The van der Waals surface area contributed by atoms with Crippen molar-refractivity contribution in [1.29, 1.82) is 0 Å². The second-order valence-electron chi connectivity index (χ2n) is 4.21. The molecule has 0 saturated heterocycles. The molecule has 0 heterocycles. The number of amides is 1. The Morgan fingerprint density at radius 2 is 1.94 bits per heavy atom. The molecule has 0 aliphatic carbocycles. The minimum atomic E-state index is -3.61. The molecule has 1 amide bonds. The van der Waals surface area contributed by atoms with Gasteiger partial charge < -0.3 is 10.2 Å². The lowest BCUT2D eigenvalue weighted by atomic mass is 10.1. The van der Waals surface area contributed by atoms with Gasteiger partial charge in [0.05, 0.1) is 5.75 Å². The summed E-state index contributed by atoms with van der Waals surface area (Å²) in [5.74, 6) is 0.0500. The van der Waals surface area contributed by atoms with Gasteiger partial charge in [0.2, 0.25) is 10.0 Å². The van der Waals surface area contributed by atoms with Crippen LogP contribution in [-0.4, -0.2) is 31.7 Å². The average molecular weight is 273 g/mol. The van der Waals surface area contributed by atoms with Crippen molar-refractivity contribution in [3.63, 3.8) is 0 Å². The lowest BCUT2D eigenvalue weighted by molar-refractivity contribution is 0.117. The van der Waals surface area contributed by atoms with Gasteiger partial charge >= 0.3 is 6.09 Å². The van der Waals surface area contributed by atoms with Gasteiger partial charge in [0, 0.05) is 11.4 Å². The average Bonchev–Trinajstić information content (AvgIpc) is 2.09. The Balaban J connectivity index is 4.01. The zero-order valence-electron chi connectivity index (χ0n) is 9.54. The fourth-order valence-corrected chi connectivity index (χ4v) is 1.82. The molecule has 0 atom stereocenters. The number of carbonyl (C=O) groups excluding carboxylic acids is 1. The highest BCUT2D eigenvalue weighted by molar-refractivity contribution is 7.89. The molecule has 0 aliphatic heterocycles. The van der Waals surface area contributed by atoms with E-state index < -0.39 is 21.7 Å². The van der Waals surface area contributed by atoms with Crippen LogP contribution in [0.1, 0.15) is 27.2 Å². The number of carbonyl (C=O) groups is 1. The molecular formula is C8H17ClN2O4S. The fourth-order valence-electron chi connectivity index (χ4n) is 0.719. The van der Waals surface area contributed by atoms with E-state index in [9.17, 15) is 13.2 Å². The normalized spacial score (nSPS) is 12.2. The SMILES string of the molecule is CC(C)(C)NC(=O)ONS(=O)(=O)CCCCl. The van der Waals surface area contributed by atoms with Gasteiger partial charge in [-0.25, -0.2) is 13.2 Å². The number of alkyl halides is 1. The summed E-state index contributed by atoms with van der Waals surface area (Å²) in [6, 6.07) is 0. The molecule has 16 heavy (non-hydrogen) atoms. The molecule has 0 rings (SSSR count). The molecule has 0 fully saturated rings. The molecule has 0 aliphatic rings. The highest BCUT2D eigenvalue weighted by atomic mass is 35.5. The lowest BCUT2D eigenvalue weighted by Crippen LogP contribution is -2.44. The molecule has 0 spiro atoms. The Bertz CT molecular complexity index is 323. The number of hydrogen-bond donors (Lipinski definition) is 2. The zero-order chi connectivity index (χ0) is 12.8. The van der Waals surface area contributed by atoms with Crippen LogP contribution in [0.4, 0.5) is 4.79 Å². The van der Waals surface area contributed by atoms with Gasteiger partial charge in [-0.3, -0.25) is 0 Å². The fraction of sp³-hybridized carbons (Fsp3) is 0.875. The van der Waals surface area contributed by atoms with E-state index in [1.165, 1.54) is 0 Å². The van der Waals surface area contributed by atoms with Gasteiger partial charge in [-0.15, -0.1) is 11.6 Å². The molecule has 0 aromatic heterocycles. The first-order chi connectivity index (χ1) is 7.16. The van der Waals surface area contributed by atoms with Gasteiger partial charge in [0.1, 0.15) is 0 Å². The van der Waals surface area contributed by atoms with Crippen molar-refractivity contribution in [2.45, 2.75) is 32.7 Å². The molecule has 0 aromatic rings. The summed E-state index contributed by atoms with van der Waals surface area (Å²) < 4.78 is 22.4. The quantitative estimate of drug-likeness (QED) is 0.577. The minimum absolute atomic E-state index is 0.181. The Morgan fingerprint density at radius 1 is 1.38 bits per heavy atom. The first kappa shape index (κ1) is 15.5. The highest BCUT2D eigenvalue weighted by Crippen LogP contribution is 1.99. The summed E-state index contributed by atoms with van der Waals surface area (Å²) >= 11 is 5.35. The molecule has 96 valence electrons. The summed E-state index contributed by atoms with van der Waals surface area (Å²) in [6.07, 6.45) is -0.553. The van der Waals surface area contributed by atoms with E-state index in [0.29, 0.717) is 6.42 Å². The van der Waals surface area contributed by atoms with E-state index in [-0.39, 0.29) is 11.6 Å². The molecule has 0 aromatic carbocycles. The molecule has 0 bridgehead atoms. The first-order valence-corrected chi connectivity index (χ1v) is 6.89. The summed E-state index contributed by atoms with van der Waals surface area (Å²) in [7, 11) is -3.61. The van der Waals surface area contributed by atoms with Crippen LogP contribution in [0.15, 0.2) is 0 Å². The van der Waals surface area contributed by atoms with E-state index >= 15 is 0 Å². The monoisotopic (exact) mass is 272 g/mol. The smallest absolute Gasteiger partial charge is 0.339 e. The molecule has 0 saturated carbocycles. The van der Waals surface area contributed by atoms with Gasteiger partial charge in [0.15, 0.2) is 0 Å². The van der Waals surface area contributed by atoms with E-state index in [1.54, 1.807) is 25.7 Å². The molecule has 6 nitrogen and oxygen atoms in total. The standard InChI is InChI=1S/C8H17ClN2O4S/c1-8(2,3)10-7(12)15-11-16(13,14)6-4-5-9/h11H,4-6H2,1-3H3,(H,10,12). The van der Waals surface area contributed by atoms with Crippen molar-refractivity contribution < 1.29 is 18.0 Å². The van der Waals surface area contributed by atoms with Crippen molar-refractivity contribution in [3.8, 4) is 0 Å². The van der Waals surface area contributed by atoms with Crippen LogP contribution in [0.3, 0.4) is 0 Å². The maximum Gasteiger partial charge on any atom is 0.427 e. The van der Waals surface area contributed by atoms with Crippen LogP contribution in [0.25, 0.3) is 0 Å². The van der Waals surface area contributed by atoms with Crippen LogP contribution in [0, 0.1) is 0 Å². The van der Waals surface area contributed by atoms with Crippen molar-refractivity contribution in [2.75, 3.05) is 11.6 Å². The number of hydrogen-bond acceptors (Lipinski definition) is 4. The Morgan fingerprint density at radius 3 is 2.38 bits per heavy atom. The lowest BCUT2D eigenvalue weighted by Gasteiger charge is -2.19. The van der Waals surface area contributed by atoms with Crippen LogP contribution in [0.5, 0.6) is 0 Å². The van der Waals surface area contributed by atoms with Crippen molar-refractivity contribution in [3.05, 3.63) is 0 Å². The van der Waals surface area contributed by atoms with E-state index in [1.807, 2.05) is 0 Å². The van der Waals surface area contributed by atoms with Crippen LogP contribution in [-0.2, 0) is 14.9 Å². The van der Waals surface area contributed by atoms with Crippen LogP contribution in [0.2, 0.25) is 0 Å². The number of nitrogens with one attached hydrogen (secondary N) is 2. The summed E-state index contributed by atoms with van der Waals surface area (Å²) in [5, 5.41) is 2.43. The van der Waals surface area contributed by atoms with Gasteiger partial charge in [0.25, 0.3) is 0 Å². The third-order valence-corrected chi connectivity index (χ3v) is 2.72. The molecule has 0 unspecified atom stereocenters. The topological polar surface area (TPSA) is 84.5 Å². The molecule has 0 radical (unpaired) electrons. The predicted molar refractivity (Wildman–Crippen MR) is 61.6 cm³/mol. The largest absolute Gasteiger partial charge is 0.427 e. The van der Waals surface area contributed by atoms with E-state index in [2.05, 4.69) is 10.2 Å². The van der Waals surface area contributed by atoms with Crippen LogP contribution >= 0.6 is 11.6 Å². The molecular weight excluding hydrogens is 256 g/mol. The third-order valence-electron chi connectivity index (χ3n) is 1.29. The van der Waals surface area contributed by atoms with E-state index in [4.69, 9.17) is 11.6 Å². The highest BCUT2D eigenvalue weighted by Gasteiger charge is 2.17. The van der Waals surface area contributed by atoms with Gasteiger partial charge in [-0.05, 0) is 32.1 Å². The third kappa shape index (κ3) is 8.75. The maximum atomic E-state index is 11.2. The summed E-state index contributed by atoms with van der Waals surface area (Å²) in [5.41, 5.74) is -0.487. The minimum Gasteiger partial charge on any atom is -0.339 e. The molecule has 8 heteroatoms. The summed E-state index contributed by atoms with van der Waals surface area (Å²) in [6.45, 7) is 5.24. The number of sulfonamides is 1. The van der Waals surface area contributed by atoms with Crippen molar-refractivity contribution in [1.82, 2.24) is 10.2 Å². The van der Waals surface area contributed by atoms with Gasteiger partial charge in [-0.1, -0.05) is 0 Å². The maximum absolute atomic E-state index is 11.2. The Labute approximate surface area is 101 Å². The van der Waals surface area contributed by atoms with E-state index in [0.717, 1.165) is 0 Å². The van der Waals surface area contributed by atoms with Crippen molar-refractivity contribution in [2.24, 2.45) is 0 Å². The summed E-state index contributed by atoms with van der Waals surface area (Å²) in [4.78, 5) is 17.2. The zero-order valence-corrected chi connectivity index (χ0v) is 11.1. The predicted octanol–water partition coefficient (Wildman–Crippen LogP) is 0.974. The second-order valence-corrected chi connectivity index (χ2v) is 6.39. The Kier molecular flexibility index (Phi) is 6.06. The first-order valence-electron chi connectivity index (χ1n) is 4.71. The van der Waals surface area contributed by atoms with Crippen molar-refractivity contribution >= 4 is 27.7 Å².